The van der Waals surface area contributed by atoms with Crippen molar-refractivity contribution >= 4 is 47.9 Å². The molecule has 1 aromatic carbocycles. The van der Waals surface area contributed by atoms with Crippen molar-refractivity contribution in [3.8, 4) is 0 Å². The Kier molecular flexibility index (Phi) is 5.54. The lowest BCUT2D eigenvalue weighted by atomic mass is 10.1. The van der Waals surface area contributed by atoms with Gasteiger partial charge < -0.3 is 5.11 Å². The second-order valence-electron chi connectivity index (χ2n) is 4.11. The monoisotopic (exact) mass is 413 g/mol. The number of aliphatic carboxylic acids is 1. The smallest absolute Gasteiger partial charge is 0.307 e. The minimum atomic E-state index is -3.77. The summed E-state index contributed by atoms with van der Waals surface area (Å²) in [4.78, 5) is 10.9. The molecule has 0 saturated carbocycles. The summed E-state index contributed by atoms with van der Waals surface area (Å²) in [6.07, 6.45) is 0. The van der Waals surface area contributed by atoms with Crippen LogP contribution in [0.4, 0.5) is 0 Å². The molecule has 0 bridgehead atoms. The summed E-state index contributed by atoms with van der Waals surface area (Å²) in [5, 5.41) is 8.86. The lowest BCUT2D eigenvalue weighted by molar-refractivity contribution is -0.141. The molecule has 0 heterocycles. The van der Waals surface area contributed by atoms with Crippen molar-refractivity contribution in [2.24, 2.45) is 5.92 Å². The number of sulfonamides is 1. The van der Waals surface area contributed by atoms with E-state index in [-0.39, 0.29) is 4.90 Å². The third-order valence-corrected chi connectivity index (χ3v) is 5.69. The van der Waals surface area contributed by atoms with Crippen LogP contribution in [0.25, 0.3) is 0 Å². The average molecular weight is 415 g/mol. The Labute approximate surface area is 128 Å². The highest BCUT2D eigenvalue weighted by atomic mass is 79.9. The predicted octanol–water partition coefficient (Wildman–Crippen LogP) is 2.60. The third-order valence-electron chi connectivity index (χ3n) is 2.66. The largest absolute Gasteiger partial charge is 0.481 e. The molecule has 0 aliphatic carbocycles. The fourth-order valence-corrected chi connectivity index (χ4v) is 4.39. The fourth-order valence-electron chi connectivity index (χ4n) is 1.32. The Morgan fingerprint density at radius 2 is 1.89 bits per heavy atom. The van der Waals surface area contributed by atoms with Gasteiger partial charge in [0.15, 0.2) is 0 Å². The zero-order valence-electron chi connectivity index (χ0n) is 10.2. The van der Waals surface area contributed by atoms with E-state index in [9.17, 15) is 13.2 Å². The lowest BCUT2D eigenvalue weighted by Crippen LogP contribution is -2.40. The standard InChI is InChI=1S/C11H13Br2NO4S/c1-6(11(15)16)7(2)14-19(17,18)10-4-3-8(12)5-9(10)13/h3-7,14H,1-2H3,(H,15,16). The summed E-state index contributed by atoms with van der Waals surface area (Å²) < 4.78 is 27.8. The average Bonchev–Trinajstić information content (AvgIpc) is 2.26. The first-order chi connectivity index (χ1) is 8.65. The Morgan fingerprint density at radius 3 is 2.37 bits per heavy atom. The maximum atomic E-state index is 12.2. The quantitative estimate of drug-likeness (QED) is 0.775. The first kappa shape index (κ1) is 16.6. The van der Waals surface area contributed by atoms with Crippen LogP contribution in [0.5, 0.6) is 0 Å². The minimum Gasteiger partial charge on any atom is -0.481 e. The van der Waals surface area contributed by atoms with Crippen LogP contribution in [0.1, 0.15) is 13.8 Å². The third kappa shape index (κ3) is 4.27. The minimum absolute atomic E-state index is 0.0696. The summed E-state index contributed by atoms with van der Waals surface area (Å²) in [7, 11) is -3.77. The van der Waals surface area contributed by atoms with Crippen LogP contribution < -0.4 is 4.72 Å². The van der Waals surface area contributed by atoms with Gasteiger partial charge in [0, 0.05) is 15.0 Å². The first-order valence-electron chi connectivity index (χ1n) is 5.35. The summed E-state index contributed by atoms with van der Waals surface area (Å²) in [6.45, 7) is 2.97. The number of benzene rings is 1. The van der Waals surface area contributed by atoms with Gasteiger partial charge in [-0.25, -0.2) is 13.1 Å². The molecule has 0 saturated heterocycles. The Balaban J connectivity index is 3.02. The molecule has 0 aliphatic heterocycles. The van der Waals surface area contributed by atoms with Gasteiger partial charge in [-0.2, -0.15) is 0 Å². The second-order valence-corrected chi connectivity index (χ2v) is 7.56. The van der Waals surface area contributed by atoms with Gasteiger partial charge in [0.2, 0.25) is 10.0 Å². The van der Waals surface area contributed by atoms with E-state index in [0.29, 0.717) is 4.47 Å². The summed E-state index contributed by atoms with van der Waals surface area (Å²) in [5.41, 5.74) is 0. The van der Waals surface area contributed by atoms with E-state index in [4.69, 9.17) is 5.11 Å². The van der Waals surface area contributed by atoms with Crippen LogP contribution in [0.2, 0.25) is 0 Å². The van der Waals surface area contributed by atoms with Crippen molar-refractivity contribution < 1.29 is 18.3 Å². The van der Waals surface area contributed by atoms with Crippen LogP contribution in [-0.4, -0.2) is 25.5 Å². The molecule has 19 heavy (non-hydrogen) atoms. The highest BCUT2D eigenvalue weighted by molar-refractivity contribution is 9.11. The van der Waals surface area contributed by atoms with Gasteiger partial charge in [0.1, 0.15) is 0 Å². The van der Waals surface area contributed by atoms with Crippen LogP contribution in [0.3, 0.4) is 0 Å². The molecule has 0 aromatic heterocycles. The van der Waals surface area contributed by atoms with Crippen molar-refractivity contribution in [3.63, 3.8) is 0 Å². The van der Waals surface area contributed by atoms with Crippen molar-refractivity contribution in [1.29, 1.82) is 0 Å². The second kappa shape index (κ2) is 6.34. The molecule has 2 N–H and O–H groups in total. The molecular formula is C11H13Br2NO4S. The Morgan fingerprint density at radius 1 is 1.32 bits per heavy atom. The Bertz CT molecular complexity index is 588. The summed E-state index contributed by atoms with van der Waals surface area (Å²) in [5.74, 6) is -1.87. The van der Waals surface area contributed by atoms with Gasteiger partial charge in [-0.15, -0.1) is 0 Å². The molecule has 2 atom stereocenters. The topological polar surface area (TPSA) is 83.5 Å². The van der Waals surface area contributed by atoms with E-state index >= 15 is 0 Å². The molecular weight excluding hydrogens is 402 g/mol. The van der Waals surface area contributed by atoms with E-state index in [1.54, 1.807) is 12.1 Å². The van der Waals surface area contributed by atoms with Crippen LogP contribution in [-0.2, 0) is 14.8 Å². The molecule has 5 nitrogen and oxygen atoms in total. The van der Waals surface area contributed by atoms with Crippen LogP contribution in [0, 0.1) is 5.92 Å². The van der Waals surface area contributed by atoms with Gasteiger partial charge in [0.25, 0.3) is 0 Å². The molecule has 0 radical (unpaired) electrons. The molecule has 2 unspecified atom stereocenters. The van der Waals surface area contributed by atoms with E-state index in [2.05, 4.69) is 36.6 Å². The number of carbonyl (C=O) groups is 1. The molecule has 0 aliphatic rings. The van der Waals surface area contributed by atoms with E-state index in [1.165, 1.54) is 19.9 Å². The van der Waals surface area contributed by atoms with Crippen molar-refractivity contribution in [2.45, 2.75) is 24.8 Å². The molecule has 0 spiro atoms. The van der Waals surface area contributed by atoms with Gasteiger partial charge in [0.05, 0.1) is 10.8 Å². The highest BCUT2D eigenvalue weighted by Crippen LogP contribution is 2.26. The predicted molar refractivity (Wildman–Crippen MR) is 78.4 cm³/mol. The molecule has 106 valence electrons. The zero-order valence-corrected chi connectivity index (χ0v) is 14.2. The normalized spacial score (nSPS) is 14.9. The van der Waals surface area contributed by atoms with Gasteiger partial charge in [-0.3, -0.25) is 4.79 Å². The van der Waals surface area contributed by atoms with Crippen LogP contribution >= 0.6 is 31.9 Å². The summed E-state index contributed by atoms with van der Waals surface area (Å²) in [6, 6.07) is 3.94. The van der Waals surface area contributed by atoms with Gasteiger partial charge >= 0.3 is 5.97 Å². The maximum Gasteiger partial charge on any atom is 0.307 e. The molecule has 1 aromatic rings. The maximum absolute atomic E-state index is 12.2. The first-order valence-corrected chi connectivity index (χ1v) is 8.42. The molecule has 1 rings (SSSR count). The Hall–Kier alpha value is -0.440. The van der Waals surface area contributed by atoms with Gasteiger partial charge in [-0.05, 0) is 41.1 Å². The molecule has 0 amide bonds. The van der Waals surface area contributed by atoms with Crippen molar-refractivity contribution in [1.82, 2.24) is 4.72 Å². The van der Waals surface area contributed by atoms with E-state index < -0.39 is 28.0 Å². The van der Waals surface area contributed by atoms with Gasteiger partial charge in [-0.1, -0.05) is 22.9 Å². The highest BCUT2D eigenvalue weighted by Gasteiger charge is 2.26. The lowest BCUT2D eigenvalue weighted by Gasteiger charge is -2.18. The number of halogens is 2. The zero-order chi connectivity index (χ0) is 14.8. The molecule has 8 heteroatoms. The number of rotatable bonds is 5. The number of nitrogens with one attached hydrogen (secondary N) is 1. The SMILES string of the molecule is CC(NS(=O)(=O)c1ccc(Br)cc1Br)C(C)C(=O)O. The number of hydrogen-bond acceptors (Lipinski definition) is 3. The van der Waals surface area contributed by atoms with Crippen LogP contribution in [0.15, 0.2) is 32.0 Å². The number of carboxylic acid groups (broad SMARTS) is 1. The van der Waals surface area contributed by atoms with E-state index in [0.717, 1.165) is 4.47 Å². The van der Waals surface area contributed by atoms with Crippen molar-refractivity contribution in [3.05, 3.63) is 27.1 Å². The number of hydrogen-bond donors (Lipinski definition) is 2. The fraction of sp³-hybridized carbons (Fsp3) is 0.364. The molecule has 0 fully saturated rings. The summed E-state index contributed by atoms with van der Waals surface area (Å²) >= 11 is 6.41. The van der Waals surface area contributed by atoms with Crippen molar-refractivity contribution in [2.75, 3.05) is 0 Å². The van der Waals surface area contributed by atoms with E-state index in [1.807, 2.05) is 0 Å². The number of carboxylic acids is 1.